The quantitative estimate of drug-likeness (QED) is 0.263. The van der Waals surface area contributed by atoms with Crippen LogP contribution >= 0.6 is 11.3 Å². The summed E-state index contributed by atoms with van der Waals surface area (Å²) in [5.41, 5.74) is 6.78. The van der Waals surface area contributed by atoms with Crippen LogP contribution in [-0.2, 0) is 33.6 Å². The molecule has 1 aromatic heterocycles. The second-order valence-electron chi connectivity index (χ2n) is 7.25. The molecule has 6 N–H and O–H groups in total. The van der Waals surface area contributed by atoms with E-state index in [0.29, 0.717) is 12.1 Å². The fourth-order valence-electron chi connectivity index (χ4n) is 2.56. The first-order chi connectivity index (χ1) is 14.6. The third-order valence-electron chi connectivity index (χ3n) is 3.91. The lowest BCUT2D eigenvalue weighted by atomic mass is 10.1. The molecule has 0 spiro atoms. The fourth-order valence-corrected chi connectivity index (χ4v) is 3.85. The van der Waals surface area contributed by atoms with Crippen LogP contribution in [0.25, 0.3) is 0 Å². The minimum atomic E-state index is -2.15. The van der Waals surface area contributed by atoms with Crippen LogP contribution in [0.15, 0.2) is 29.6 Å². The first-order valence-electron chi connectivity index (χ1n) is 9.51. The second kappa shape index (κ2) is 11.2. The van der Waals surface area contributed by atoms with Crippen LogP contribution in [-0.4, -0.2) is 38.0 Å². The number of hydrogen-bond acceptors (Lipinski definition) is 7. The Morgan fingerprint density at radius 2 is 2.00 bits per heavy atom. The van der Waals surface area contributed by atoms with Gasteiger partial charge in [-0.3, -0.25) is 19.8 Å². The Balaban J connectivity index is 2.06. The van der Waals surface area contributed by atoms with Gasteiger partial charge < -0.3 is 15.4 Å². The van der Waals surface area contributed by atoms with Crippen molar-refractivity contribution in [1.29, 1.82) is 0 Å². The number of nitrogens with two attached hydrogens (primary N) is 1. The molecule has 0 bridgehead atoms. The first kappa shape index (κ1) is 24.7. The SMILES string of the molecule is CCc1csc([C@H](Cc2ccc(NS(=O)O)cc2)NC(=O)CNC(=O)OC(C)(C)N)n1. The monoisotopic (exact) mass is 469 g/mol. The summed E-state index contributed by atoms with van der Waals surface area (Å²) in [4.78, 5) is 28.7. The number of ether oxygens (including phenoxy) is 1. The van der Waals surface area contributed by atoms with Gasteiger partial charge in [-0.05, 0) is 44.4 Å². The molecule has 2 amide bonds. The van der Waals surface area contributed by atoms with Crippen LogP contribution in [0.4, 0.5) is 10.5 Å². The smallest absolute Gasteiger partial charge is 0.409 e. The Kier molecular flexibility index (Phi) is 8.92. The predicted molar refractivity (Wildman–Crippen MR) is 120 cm³/mol. The number of benzene rings is 1. The predicted octanol–water partition coefficient (Wildman–Crippen LogP) is 2.08. The molecule has 0 aliphatic rings. The lowest BCUT2D eigenvalue weighted by Gasteiger charge is -2.20. The van der Waals surface area contributed by atoms with Crippen molar-refractivity contribution in [3.8, 4) is 0 Å². The highest BCUT2D eigenvalue weighted by molar-refractivity contribution is 7.80. The Morgan fingerprint density at radius 3 is 2.55 bits per heavy atom. The Morgan fingerprint density at radius 1 is 1.32 bits per heavy atom. The van der Waals surface area contributed by atoms with Crippen LogP contribution in [0.2, 0.25) is 0 Å². The molecule has 0 saturated heterocycles. The summed E-state index contributed by atoms with van der Waals surface area (Å²) in [7, 11) is 0. The number of amides is 2. The number of aromatic nitrogens is 1. The highest BCUT2D eigenvalue weighted by Crippen LogP contribution is 2.23. The van der Waals surface area contributed by atoms with E-state index in [9.17, 15) is 13.8 Å². The number of alkyl carbamates (subject to hydrolysis) is 1. The van der Waals surface area contributed by atoms with E-state index >= 15 is 0 Å². The van der Waals surface area contributed by atoms with Crippen LogP contribution < -0.4 is 21.1 Å². The minimum Gasteiger partial charge on any atom is -0.429 e. The summed E-state index contributed by atoms with van der Waals surface area (Å²) in [6.07, 6.45) is 0.439. The topological polar surface area (TPSA) is 156 Å². The third-order valence-corrected chi connectivity index (χ3v) is 5.33. The average Bonchev–Trinajstić information content (AvgIpc) is 3.15. The van der Waals surface area contributed by atoms with Gasteiger partial charge in [-0.15, -0.1) is 11.3 Å². The Labute approximate surface area is 187 Å². The number of anilines is 1. The summed E-state index contributed by atoms with van der Waals surface area (Å²) in [5.74, 6) is -0.404. The molecule has 2 rings (SSSR count). The van der Waals surface area contributed by atoms with Gasteiger partial charge in [-0.25, -0.2) is 14.0 Å². The molecule has 1 unspecified atom stereocenters. The first-order valence-corrected chi connectivity index (χ1v) is 11.5. The van der Waals surface area contributed by atoms with Crippen molar-refractivity contribution >= 4 is 40.3 Å². The molecular weight excluding hydrogens is 442 g/mol. The molecule has 0 radical (unpaired) electrons. The van der Waals surface area contributed by atoms with Gasteiger partial charge in [0.05, 0.1) is 11.7 Å². The van der Waals surface area contributed by atoms with E-state index in [-0.39, 0.29) is 6.54 Å². The van der Waals surface area contributed by atoms with Crippen molar-refractivity contribution in [1.82, 2.24) is 15.6 Å². The zero-order valence-corrected chi connectivity index (χ0v) is 19.1. The maximum Gasteiger partial charge on any atom is 0.409 e. The Hall–Kier alpha value is -2.54. The summed E-state index contributed by atoms with van der Waals surface area (Å²) in [5, 5.41) is 7.94. The molecule has 1 heterocycles. The molecule has 0 saturated carbocycles. The number of nitrogens with zero attached hydrogens (tertiary/aromatic N) is 1. The number of hydrogen-bond donors (Lipinski definition) is 5. The largest absolute Gasteiger partial charge is 0.429 e. The number of carbonyl (C=O) groups is 2. The molecule has 2 atom stereocenters. The van der Waals surface area contributed by atoms with Crippen LogP contribution in [0.1, 0.15) is 43.1 Å². The van der Waals surface area contributed by atoms with Gasteiger partial charge in [-0.2, -0.15) is 0 Å². The van der Waals surface area contributed by atoms with Gasteiger partial charge in [0.15, 0.2) is 5.72 Å². The molecule has 2 aromatic rings. The van der Waals surface area contributed by atoms with Gasteiger partial charge in [0.2, 0.25) is 5.91 Å². The van der Waals surface area contributed by atoms with Gasteiger partial charge >= 0.3 is 6.09 Å². The van der Waals surface area contributed by atoms with E-state index in [1.54, 1.807) is 24.3 Å². The zero-order chi connectivity index (χ0) is 23.0. The summed E-state index contributed by atoms with van der Waals surface area (Å²) >= 11 is -0.703. The van der Waals surface area contributed by atoms with Crippen molar-refractivity contribution in [2.24, 2.45) is 5.73 Å². The third kappa shape index (κ3) is 9.00. The Bertz CT molecular complexity index is 911. The van der Waals surface area contributed by atoms with Crippen LogP contribution in [0.3, 0.4) is 0 Å². The van der Waals surface area contributed by atoms with E-state index in [1.807, 2.05) is 12.3 Å². The molecule has 12 heteroatoms. The van der Waals surface area contributed by atoms with Crippen LogP contribution in [0.5, 0.6) is 0 Å². The lowest BCUT2D eigenvalue weighted by molar-refractivity contribution is -0.121. The summed E-state index contributed by atoms with van der Waals surface area (Å²) in [6, 6.07) is 6.53. The van der Waals surface area contributed by atoms with E-state index in [4.69, 9.17) is 15.0 Å². The van der Waals surface area contributed by atoms with E-state index in [0.717, 1.165) is 22.7 Å². The van der Waals surface area contributed by atoms with Crippen molar-refractivity contribution in [2.45, 2.75) is 45.4 Å². The molecule has 1 aromatic carbocycles. The summed E-state index contributed by atoms with van der Waals surface area (Å²) in [6.45, 7) is 4.77. The molecule has 170 valence electrons. The van der Waals surface area contributed by atoms with Crippen molar-refractivity contribution in [3.63, 3.8) is 0 Å². The molecule has 0 fully saturated rings. The number of rotatable bonds is 10. The normalized spacial score (nSPS) is 13.2. The maximum atomic E-state index is 12.4. The number of thiazole rings is 1. The number of nitrogens with one attached hydrogen (secondary N) is 3. The average molecular weight is 470 g/mol. The second-order valence-corrected chi connectivity index (χ2v) is 8.84. The zero-order valence-electron chi connectivity index (χ0n) is 17.5. The maximum absolute atomic E-state index is 12.4. The fraction of sp³-hybridized carbons (Fsp3) is 0.421. The standard InChI is InChI=1S/C19H27N5O5S2/c1-4-13-11-30-17(22-13)15(9-12-5-7-14(8-6-12)24-31(27)28)23-16(25)10-21-18(26)29-19(2,3)20/h5-8,11,15,24H,4,9-10,20H2,1-3H3,(H,21,26)(H,23,25)(H,27,28)/t15-/m0/s1. The van der Waals surface area contributed by atoms with Crippen LogP contribution in [0, 0.1) is 0 Å². The molecular formula is C19H27N5O5S2. The molecule has 10 nitrogen and oxygen atoms in total. The molecule has 0 aliphatic heterocycles. The van der Waals surface area contributed by atoms with Crippen molar-refractivity contribution < 1.29 is 23.1 Å². The van der Waals surface area contributed by atoms with E-state index < -0.39 is 35.0 Å². The number of carbonyl (C=O) groups excluding carboxylic acids is 2. The molecule has 31 heavy (non-hydrogen) atoms. The highest BCUT2D eigenvalue weighted by atomic mass is 32.2. The van der Waals surface area contributed by atoms with Gasteiger partial charge in [0.25, 0.3) is 11.3 Å². The van der Waals surface area contributed by atoms with Gasteiger partial charge in [0.1, 0.15) is 11.6 Å². The van der Waals surface area contributed by atoms with Gasteiger partial charge in [-0.1, -0.05) is 19.1 Å². The van der Waals surface area contributed by atoms with E-state index in [1.165, 1.54) is 25.2 Å². The number of aryl methyl sites for hydroxylation is 1. The van der Waals surface area contributed by atoms with Crippen molar-refractivity contribution in [3.05, 3.63) is 45.9 Å². The lowest BCUT2D eigenvalue weighted by Crippen LogP contribution is -2.44. The minimum absolute atomic E-state index is 0.275. The highest BCUT2D eigenvalue weighted by Gasteiger charge is 2.21. The van der Waals surface area contributed by atoms with Gasteiger partial charge in [0, 0.05) is 11.1 Å². The van der Waals surface area contributed by atoms with E-state index in [2.05, 4.69) is 20.3 Å². The summed E-state index contributed by atoms with van der Waals surface area (Å²) < 4.78 is 27.1. The van der Waals surface area contributed by atoms with Crippen molar-refractivity contribution in [2.75, 3.05) is 11.3 Å². The molecule has 0 aliphatic carbocycles.